The van der Waals surface area contributed by atoms with Crippen LogP contribution in [0.5, 0.6) is 0 Å². The highest BCUT2D eigenvalue weighted by atomic mass is 35.5. The molecular weight excluding hydrogens is 291 g/mol. The van der Waals surface area contributed by atoms with Crippen LogP contribution >= 0.6 is 11.6 Å². The zero-order valence-electron chi connectivity index (χ0n) is 11.8. The molecule has 2 N–H and O–H groups in total. The molecule has 2 aromatic carbocycles. The Balaban J connectivity index is 2.04. The van der Waals surface area contributed by atoms with Gasteiger partial charge in [0, 0.05) is 5.69 Å². The fourth-order valence-corrected chi connectivity index (χ4v) is 2.02. The molecule has 0 aliphatic heterocycles. The molecule has 0 saturated heterocycles. The van der Waals surface area contributed by atoms with E-state index in [1.807, 2.05) is 31.2 Å². The molecular formula is C16H16ClFN2O. The number of benzene rings is 2. The molecule has 2 rings (SSSR count). The number of anilines is 2. The summed E-state index contributed by atoms with van der Waals surface area (Å²) < 4.78 is 13.7. The Morgan fingerprint density at radius 3 is 2.48 bits per heavy atom. The Labute approximate surface area is 128 Å². The van der Waals surface area contributed by atoms with Crippen LogP contribution in [-0.4, -0.2) is 11.9 Å². The number of carbonyl (C=O) groups is 1. The normalized spacial score (nSPS) is 11.8. The summed E-state index contributed by atoms with van der Waals surface area (Å²) in [6, 6.07) is 11.2. The Hall–Kier alpha value is -2.07. The van der Waals surface area contributed by atoms with Gasteiger partial charge in [-0.2, -0.15) is 0 Å². The monoisotopic (exact) mass is 306 g/mol. The van der Waals surface area contributed by atoms with Crippen molar-refractivity contribution in [3.63, 3.8) is 0 Å². The van der Waals surface area contributed by atoms with Crippen LogP contribution in [-0.2, 0) is 4.79 Å². The van der Waals surface area contributed by atoms with Gasteiger partial charge in [0.05, 0.1) is 10.7 Å². The van der Waals surface area contributed by atoms with Crippen molar-refractivity contribution in [3.8, 4) is 0 Å². The first kappa shape index (κ1) is 15.3. The molecule has 3 nitrogen and oxygen atoms in total. The van der Waals surface area contributed by atoms with Gasteiger partial charge in [-0.3, -0.25) is 4.79 Å². The third-order valence-corrected chi connectivity index (χ3v) is 3.35. The van der Waals surface area contributed by atoms with E-state index in [1.54, 1.807) is 13.0 Å². The lowest BCUT2D eigenvalue weighted by atomic mass is 10.2. The summed E-state index contributed by atoms with van der Waals surface area (Å²) in [5, 5.41) is 5.79. The van der Waals surface area contributed by atoms with Gasteiger partial charge in [0.2, 0.25) is 5.91 Å². The molecule has 0 aromatic heterocycles. The maximum Gasteiger partial charge on any atom is 0.246 e. The second-order valence-corrected chi connectivity index (χ2v) is 5.23. The lowest BCUT2D eigenvalue weighted by Crippen LogP contribution is -2.32. The zero-order valence-corrected chi connectivity index (χ0v) is 12.5. The highest BCUT2D eigenvalue weighted by Gasteiger charge is 2.16. The number of halogens is 2. The van der Waals surface area contributed by atoms with Crippen LogP contribution in [0.25, 0.3) is 0 Å². The summed E-state index contributed by atoms with van der Waals surface area (Å²) in [7, 11) is 0. The Kier molecular flexibility index (Phi) is 4.81. The summed E-state index contributed by atoms with van der Waals surface area (Å²) in [5.74, 6) is -0.754. The van der Waals surface area contributed by atoms with Gasteiger partial charge in [-0.05, 0) is 38.1 Å². The van der Waals surface area contributed by atoms with Crippen molar-refractivity contribution in [2.24, 2.45) is 0 Å². The van der Waals surface area contributed by atoms with Gasteiger partial charge in [0.25, 0.3) is 0 Å². The van der Waals surface area contributed by atoms with Crippen molar-refractivity contribution in [3.05, 3.63) is 58.9 Å². The highest BCUT2D eigenvalue weighted by Crippen LogP contribution is 2.25. The first-order valence-corrected chi connectivity index (χ1v) is 6.93. The van der Waals surface area contributed by atoms with Crippen LogP contribution in [0.1, 0.15) is 12.5 Å². The Morgan fingerprint density at radius 1 is 1.19 bits per heavy atom. The van der Waals surface area contributed by atoms with Crippen LogP contribution in [0.3, 0.4) is 0 Å². The number of carbonyl (C=O) groups excluding carboxylic acids is 1. The number of nitrogens with one attached hydrogen (secondary N) is 2. The average molecular weight is 307 g/mol. The van der Waals surface area contributed by atoms with E-state index < -0.39 is 11.9 Å². The Bertz CT molecular complexity index is 623. The van der Waals surface area contributed by atoms with Crippen LogP contribution in [0.2, 0.25) is 5.02 Å². The molecule has 1 unspecified atom stereocenters. The maximum absolute atomic E-state index is 13.7. The third-order valence-electron chi connectivity index (χ3n) is 3.04. The number of rotatable bonds is 4. The number of hydrogen-bond acceptors (Lipinski definition) is 2. The zero-order chi connectivity index (χ0) is 15.4. The SMILES string of the molecule is Cc1ccc(NC(=O)C(C)Nc2c(F)cccc2Cl)cc1. The van der Waals surface area contributed by atoms with Gasteiger partial charge in [0.15, 0.2) is 0 Å². The van der Waals surface area contributed by atoms with Crippen molar-refractivity contribution >= 4 is 28.9 Å². The molecule has 21 heavy (non-hydrogen) atoms. The van der Waals surface area contributed by atoms with E-state index in [0.29, 0.717) is 5.69 Å². The number of hydrogen-bond donors (Lipinski definition) is 2. The predicted octanol–water partition coefficient (Wildman–Crippen LogP) is 4.23. The molecule has 0 radical (unpaired) electrons. The van der Waals surface area contributed by atoms with Crippen LogP contribution < -0.4 is 10.6 Å². The fourth-order valence-electron chi connectivity index (χ4n) is 1.81. The molecule has 2 aromatic rings. The second-order valence-electron chi connectivity index (χ2n) is 4.82. The second kappa shape index (κ2) is 6.59. The number of para-hydroxylation sites is 1. The fraction of sp³-hybridized carbons (Fsp3) is 0.188. The van der Waals surface area contributed by atoms with Crippen LogP contribution in [0.4, 0.5) is 15.8 Å². The largest absolute Gasteiger partial charge is 0.370 e. The third kappa shape index (κ3) is 3.95. The summed E-state index contributed by atoms with van der Waals surface area (Å²) in [4.78, 5) is 12.1. The minimum atomic E-state index is -0.624. The summed E-state index contributed by atoms with van der Waals surface area (Å²) in [6.45, 7) is 3.61. The maximum atomic E-state index is 13.7. The van der Waals surface area contributed by atoms with E-state index >= 15 is 0 Å². The standard InChI is InChI=1S/C16H16ClFN2O/c1-10-6-8-12(9-7-10)20-16(21)11(2)19-15-13(17)4-3-5-14(15)18/h3-9,11,19H,1-2H3,(H,20,21). The minimum Gasteiger partial charge on any atom is -0.370 e. The molecule has 1 amide bonds. The van der Waals surface area contributed by atoms with E-state index in [-0.39, 0.29) is 16.6 Å². The molecule has 0 fully saturated rings. The topological polar surface area (TPSA) is 41.1 Å². The molecule has 0 heterocycles. The van der Waals surface area contributed by atoms with E-state index in [2.05, 4.69) is 10.6 Å². The van der Waals surface area contributed by atoms with Gasteiger partial charge in [0.1, 0.15) is 11.9 Å². The molecule has 0 aliphatic carbocycles. The Morgan fingerprint density at radius 2 is 1.86 bits per heavy atom. The lowest BCUT2D eigenvalue weighted by Gasteiger charge is -2.16. The summed E-state index contributed by atoms with van der Waals surface area (Å²) >= 11 is 5.92. The van der Waals surface area contributed by atoms with Crippen molar-refractivity contribution < 1.29 is 9.18 Å². The average Bonchev–Trinajstić information content (AvgIpc) is 2.45. The van der Waals surface area contributed by atoms with Gasteiger partial charge >= 0.3 is 0 Å². The molecule has 1 atom stereocenters. The molecule has 110 valence electrons. The van der Waals surface area contributed by atoms with E-state index in [4.69, 9.17) is 11.6 Å². The van der Waals surface area contributed by atoms with Crippen molar-refractivity contribution in [1.29, 1.82) is 0 Å². The van der Waals surface area contributed by atoms with Crippen molar-refractivity contribution in [2.45, 2.75) is 19.9 Å². The van der Waals surface area contributed by atoms with Gasteiger partial charge in [-0.15, -0.1) is 0 Å². The smallest absolute Gasteiger partial charge is 0.246 e. The van der Waals surface area contributed by atoms with Gasteiger partial charge < -0.3 is 10.6 Å². The minimum absolute atomic E-state index is 0.130. The summed E-state index contributed by atoms with van der Waals surface area (Å²) in [5.41, 5.74) is 1.93. The van der Waals surface area contributed by atoms with Crippen molar-refractivity contribution in [2.75, 3.05) is 10.6 Å². The lowest BCUT2D eigenvalue weighted by molar-refractivity contribution is -0.116. The molecule has 0 spiro atoms. The van der Waals surface area contributed by atoms with Gasteiger partial charge in [-0.1, -0.05) is 35.4 Å². The highest BCUT2D eigenvalue weighted by molar-refractivity contribution is 6.33. The molecule has 0 aliphatic rings. The molecule has 0 bridgehead atoms. The first-order chi connectivity index (χ1) is 9.97. The number of amides is 1. The van der Waals surface area contributed by atoms with E-state index in [9.17, 15) is 9.18 Å². The first-order valence-electron chi connectivity index (χ1n) is 6.55. The predicted molar refractivity (Wildman–Crippen MR) is 84.3 cm³/mol. The van der Waals surface area contributed by atoms with E-state index in [1.165, 1.54) is 12.1 Å². The van der Waals surface area contributed by atoms with Crippen LogP contribution in [0, 0.1) is 12.7 Å². The van der Waals surface area contributed by atoms with Gasteiger partial charge in [-0.25, -0.2) is 4.39 Å². The van der Waals surface area contributed by atoms with Crippen LogP contribution in [0.15, 0.2) is 42.5 Å². The summed E-state index contributed by atoms with van der Waals surface area (Å²) in [6.07, 6.45) is 0. The van der Waals surface area contributed by atoms with E-state index in [0.717, 1.165) is 5.56 Å². The molecule has 5 heteroatoms. The quantitative estimate of drug-likeness (QED) is 0.887. The molecule has 0 saturated carbocycles. The number of aryl methyl sites for hydroxylation is 1. The van der Waals surface area contributed by atoms with Crippen molar-refractivity contribution in [1.82, 2.24) is 0 Å².